The van der Waals surface area contributed by atoms with Crippen molar-refractivity contribution < 1.29 is 18.3 Å². The Kier molecular flexibility index (Phi) is 6.81. The monoisotopic (exact) mass is 455 g/mol. The van der Waals surface area contributed by atoms with Crippen LogP contribution in [0.5, 0.6) is 0 Å². The second kappa shape index (κ2) is 10.1. The molecule has 3 aromatic heterocycles. The number of halogens is 2. The molecule has 32 heavy (non-hydrogen) atoms. The Morgan fingerprint density at radius 1 is 1.09 bits per heavy atom. The maximum atomic E-state index is 14.7. The molecule has 0 fully saturated rings. The second-order valence-electron chi connectivity index (χ2n) is 6.75. The van der Waals surface area contributed by atoms with E-state index in [1.54, 1.807) is 12.3 Å². The van der Waals surface area contributed by atoms with Gasteiger partial charge in [0.15, 0.2) is 12.0 Å². The third-order valence-corrected chi connectivity index (χ3v) is 5.59. The molecule has 164 valence electrons. The van der Waals surface area contributed by atoms with Gasteiger partial charge in [0.05, 0.1) is 23.5 Å². The highest BCUT2D eigenvalue weighted by Crippen LogP contribution is 2.31. The minimum atomic E-state index is -1.52. The number of hydrogen-bond donors (Lipinski definition) is 2. The average molecular weight is 455 g/mol. The molecule has 0 aliphatic rings. The van der Waals surface area contributed by atoms with E-state index in [1.807, 2.05) is 30.3 Å². The van der Waals surface area contributed by atoms with E-state index < -0.39 is 18.1 Å². The molecule has 3 heterocycles. The maximum Gasteiger partial charge on any atom is 0.407 e. The molecule has 0 aliphatic heterocycles. The number of ether oxygens (including phenoxy) is 1. The van der Waals surface area contributed by atoms with Gasteiger partial charge in [-0.1, -0.05) is 30.3 Å². The Bertz CT molecular complexity index is 1210. The van der Waals surface area contributed by atoms with Crippen LogP contribution in [0.4, 0.5) is 19.4 Å². The Balaban J connectivity index is 1.36. The summed E-state index contributed by atoms with van der Waals surface area (Å²) in [5, 5.41) is 5.61. The molecular weight excluding hydrogens is 436 g/mol. The van der Waals surface area contributed by atoms with Crippen LogP contribution >= 0.6 is 11.3 Å². The second-order valence-corrected chi connectivity index (χ2v) is 7.82. The predicted molar refractivity (Wildman–Crippen MR) is 117 cm³/mol. The number of benzene rings is 1. The number of alkyl carbamates (subject to hydrolysis) is 1. The summed E-state index contributed by atoms with van der Waals surface area (Å²) in [5.41, 5.74) is 1.55. The van der Waals surface area contributed by atoms with Gasteiger partial charge in [0, 0.05) is 12.4 Å². The number of fused-ring (bicyclic) bond motifs is 1. The zero-order chi connectivity index (χ0) is 22.3. The molecule has 0 spiro atoms. The largest absolute Gasteiger partial charge is 0.445 e. The molecule has 1 amide bonds. The quantitative estimate of drug-likeness (QED) is 0.398. The van der Waals surface area contributed by atoms with Gasteiger partial charge in [0.2, 0.25) is 0 Å². The van der Waals surface area contributed by atoms with Gasteiger partial charge < -0.3 is 15.4 Å². The Hall–Kier alpha value is -3.66. The number of thiazole rings is 1. The summed E-state index contributed by atoms with van der Waals surface area (Å²) in [7, 11) is 0. The summed E-state index contributed by atoms with van der Waals surface area (Å²) in [6, 6.07) is 13.8. The van der Waals surface area contributed by atoms with Crippen molar-refractivity contribution in [3.8, 4) is 0 Å². The van der Waals surface area contributed by atoms with E-state index >= 15 is 0 Å². The van der Waals surface area contributed by atoms with Crippen molar-refractivity contribution in [2.75, 3.05) is 11.9 Å². The normalized spacial score (nSPS) is 11.8. The molecule has 0 bridgehead atoms. The predicted octanol–water partition coefficient (Wildman–Crippen LogP) is 4.77. The van der Waals surface area contributed by atoms with E-state index in [1.165, 1.54) is 18.3 Å². The number of aromatic nitrogens is 3. The minimum absolute atomic E-state index is 0.0995. The van der Waals surface area contributed by atoms with Crippen molar-refractivity contribution in [3.05, 3.63) is 83.0 Å². The molecule has 1 aromatic carbocycles. The third-order valence-electron chi connectivity index (χ3n) is 4.49. The van der Waals surface area contributed by atoms with Crippen molar-refractivity contribution in [2.45, 2.75) is 19.3 Å². The Morgan fingerprint density at radius 2 is 1.94 bits per heavy atom. The summed E-state index contributed by atoms with van der Waals surface area (Å²) in [6.07, 6.45) is 0.839. The number of pyridine rings is 2. The summed E-state index contributed by atoms with van der Waals surface area (Å²) in [5.74, 6) is -0.0299. The van der Waals surface area contributed by atoms with Crippen LogP contribution in [-0.4, -0.2) is 27.6 Å². The van der Waals surface area contributed by atoms with Gasteiger partial charge in [-0.05, 0) is 23.8 Å². The van der Waals surface area contributed by atoms with Gasteiger partial charge in [-0.25, -0.2) is 23.5 Å². The van der Waals surface area contributed by atoms with Gasteiger partial charge in [0.1, 0.15) is 22.9 Å². The molecule has 0 saturated carbocycles. The van der Waals surface area contributed by atoms with E-state index in [-0.39, 0.29) is 30.4 Å². The highest BCUT2D eigenvalue weighted by Gasteiger charge is 2.19. The molecule has 1 atom stereocenters. The molecule has 2 N–H and O–H groups in total. The lowest BCUT2D eigenvalue weighted by molar-refractivity contribution is 0.136. The highest BCUT2D eigenvalue weighted by molar-refractivity contribution is 7.18. The lowest BCUT2D eigenvalue weighted by Gasteiger charge is -2.08. The molecule has 4 rings (SSSR count). The number of anilines is 1. The lowest BCUT2D eigenvalue weighted by Crippen LogP contribution is -2.27. The molecular formula is C22H19F2N5O2S. The first kappa shape index (κ1) is 21.6. The first-order valence-corrected chi connectivity index (χ1v) is 10.6. The molecule has 0 radical (unpaired) electrons. The number of nitrogens with zero attached hydrogens (tertiary/aromatic N) is 3. The zero-order valence-electron chi connectivity index (χ0n) is 16.8. The van der Waals surface area contributed by atoms with E-state index in [0.29, 0.717) is 16.0 Å². The first-order chi connectivity index (χ1) is 15.6. The molecule has 0 unspecified atom stereocenters. The Morgan fingerprint density at radius 3 is 2.75 bits per heavy atom. The fraction of sp³-hybridized carbons (Fsp3) is 0.182. The van der Waals surface area contributed by atoms with Gasteiger partial charge in [-0.3, -0.25) is 4.98 Å². The van der Waals surface area contributed by atoms with Crippen molar-refractivity contribution in [2.24, 2.45) is 0 Å². The van der Waals surface area contributed by atoms with Gasteiger partial charge in [0.25, 0.3) is 0 Å². The van der Waals surface area contributed by atoms with Crippen molar-refractivity contribution in [1.82, 2.24) is 20.3 Å². The topological polar surface area (TPSA) is 89.0 Å². The number of amides is 1. The SMILES string of the molecule is O=C(NC[C@@H](F)c1nc2c(NCc3ncccc3F)nccc2s1)OCc1ccccc1. The van der Waals surface area contributed by atoms with Gasteiger partial charge in [-0.2, -0.15) is 0 Å². The van der Waals surface area contributed by atoms with Gasteiger partial charge in [-0.15, -0.1) is 11.3 Å². The van der Waals surface area contributed by atoms with Crippen molar-refractivity contribution in [3.63, 3.8) is 0 Å². The molecule has 4 aromatic rings. The van der Waals surface area contributed by atoms with Crippen molar-refractivity contribution >= 4 is 33.5 Å². The molecule has 10 heteroatoms. The average Bonchev–Trinajstić information content (AvgIpc) is 3.26. The van der Waals surface area contributed by atoms with Crippen LogP contribution in [0.15, 0.2) is 60.9 Å². The number of carbonyl (C=O) groups excluding carboxylic acids is 1. The number of rotatable bonds is 8. The smallest absolute Gasteiger partial charge is 0.407 e. The molecule has 7 nitrogen and oxygen atoms in total. The zero-order valence-corrected chi connectivity index (χ0v) is 17.6. The number of hydrogen-bond acceptors (Lipinski definition) is 7. The van der Waals surface area contributed by atoms with E-state index in [0.717, 1.165) is 16.9 Å². The summed E-state index contributed by atoms with van der Waals surface area (Å²) >= 11 is 1.16. The van der Waals surface area contributed by atoms with Crippen molar-refractivity contribution in [1.29, 1.82) is 0 Å². The standard InChI is InChI=1S/C22H19F2N5O2S/c23-15-7-4-9-25-17(15)12-27-20-19-18(8-10-26-20)32-21(29-19)16(24)11-28-22(30)31-13-14-5-2-1-3-6-14/h1-10,16H,11-13H2,(H,26,27)(H,28,30)/t16-/m1/s1. The molecule has 0 aliphatic carbocycles. The number of nitrogens with one attached hydrogen (secondary N) is 2. The minimum Gasteiger partial charge on any atom is -0.445 e. The fourth-order valence-corrected chi connectivity index (χ4v) is 3.83. The molecule has 0 saturated heterocycles. The maximum absolute atomic E-state index is 14.7. The van der Waals surface area contributed by atoms with E-state index in [4.69, 9.17) is 4.74 Å². The highest BCUT2D eigenvalue weighted by atomic mass is 32.1. The van der Waals surface area contributed by atoms with Crippen LogP contribution in [0.2, 0.25) is 0 Å². The van der Waals surface area contributed by atoms with E-state index in [2.05, 4.69) is 25.6 Å². The number of carbonyl (C=O) groups is 1. The fourth-order valence-electron chi connectivity index (χ4n) is 2.89. The van der Waals surface area contributed by atoms with E-state index in [9.17, 15) is 13.6 Å². The Labute approximate surface area is 186 Å². The van der Waals surface area contributed by atoms with Crippen LogP contribution in [-0.2, 0) is 17.9 Å². The lowest BCUT2D eigenvalue weighted by atomic mass is 10.2. The van der Waals surface area contributed by atoms with Crippen LogP contribution < -0.4 is 10.6 Å². The van der Waals surface area contributed by atoms with Crippen LogP contribution in [0.25, 0.3) is 10.2 Å². The van der Waals surface area contributed by atoms with Crippen LogP contribution in [0, 0.1) is 5.82 Å². The first-order valence-electron chi connectivity index (χ1n) is 9.77. The summed E-state index contributed by atoms with van der Waals surface area (Å²) in [4.78, 5) is 24.4. The van der Waals surface area contributed by atoms with Crippen LogP contribution in [0.1, 0.15) is 22.4 Å². The summed E-state index contributed by atoms with van der Waals surface area (Å²) in [6.45, 7) is -0.0649. The number of alkyl halides is 1. The summed E-state index contributed by atoms with van der Waals surface area (Å²) < 4.78 is 34.3. The van der Waals surface area contributed by atoms with Crippen LogP contribution in [0.3, 0.4) is 0 Å². The van der Waals surface area contributed by atoms with Gasteiger partial charge >= 0.3 is 6.09 Å². The third kappa shape index (κ3) is 5.33.